The maximum Gasteiger partial charge on any atom is 0.306 e. The zero-order valence-electron chi connectivity index (χ0n) is 23.4. The molecule has 1 aliphatic carbocycles. The minimum Gasteiger partial charge on any atom is -0.493 e. The molecule has 2 aliphatic rings. The lowest BCUT2D eigenvalue weighted by atomic mass is 9.86. The van der Waals surface area contributed by atoms with E-state index in [1.165, 1.54) is 12.7 Å². The van der Waals surface area contributed by atoms with Gasteiger partial charge in [0.15, 0.2) is 0 Å². The van der Waals surface area contributed by atoms with Gasteiger partial charge in [-0.15, -0.1) is 0 Å². The highest BCUT2D eigenvalue weighted by Crippen LogP contribution is 2.39. The number of aliphatic hydroxyl groups excluding tert-OH is 2. The first kappa shape index (κ1) is 28.0. The number of benzene rings is 3. The molecule has 3 aromatic carbocycles. The van der Waals surface area contributed by atoms with Crippen LogP contribution in [0.1, 0.15) is 53.9 Å². The first-order valence-corrected chi connectivity index (χ1v) is 14.0. The molecule has 0 spiro atoms. The zero-order chi connectivity index (χ0) is 28.2. The second kappa shape index (κ2) is 12.3. The fraction of sp³-hybridized carbons (Fsp3) is 0.424. The van der Waals surface area contributed by atoms with E-state index >= 15 is 0 Å². The number of hydrogen-bond donors (Lipinski definition) is 2. The van der Waals surface area contributed by atoms with Crippen LogP contribution in [0.5, 0.6) is 17.2 Å². The molecular weight excluding hydrogens is 508 g/mol. The van der Waals surface area contributed by atoms with Crippen molar-refractivity contribution >= 4 is 5.97 Å². The SMILES string of the molecule is COC(=O)CC1COc2cc(OCc3cccc(-c4c(C)cc(OCC5CCC(O)C(O)C5)cc4C)c3)ccc21. The average molecular weight is 547 g/mol. The molecule has 40 heavy (non-hydrogen) atoms. The van der Waals surface area contributed by atoms with Gasteiger partial charge in [0, 0.05) is 17.5 Å². The minimum absolute atomic E-state index is 0.00521. The molecule has 1 aliphatic heterocycles. The molecule has 1 heterocycles. The number of fused-ring (bicyclic) bond motifs is 1. The van der Waals surface area contributed by atoms with Gasteiger partial charge in [-0.25, -0.2) is 0 Å². The number of carbonyl (C=O) groups is 1. The number of aryl methyl sites for hydroxylation is 2. The summed E-state index contributed by atoms with van der Waals surface area (Å²) in [6.07, 6.45) is 1.07. The molecule has 0 amide bonds. The average Bonchev–Trinajstić information content (AvgIpc) is 3.34. The number of rotatable bonds is 9. The maximum atomic E-state index is 11.7. The Balaban J connectivity index is 1.22. The van der Waals surface area contributed by atoms with Crippen LogP contribution in [0.25, 0.3) is 11.1 Å². The zero-order valence-corrected chi connectivity index (χ0v) is 23.4. The number of methoxy groups -OCH3 is 1. The lowest BCUT2D eigenvalue weighted by molar-refractivity contribution is -0.141. The van der Waals surface area contributed by atoms with Crippen molar-refractivity contribution in [3.63, 3.8) is 0 Å². The topological polar surface area (TPSA) is 94.5 Å². The quantitative estimate of drug-likeness (QED) is 0.343. The summed E-state index contributed by atoms with van der Waals surface area (Å²) in [7, 11) is 1.40. The van der Waals surface area contributed by atoms with E-state index in [-0.39, 0.29) is 17.8 Å². The van der Waals surface area contributed by atoms with Gasteiger partial charge in [-0.1, -0.05) is 24.3 Å². The van der Waals surface area contributed by atoms with Gasteiger partial charge in [-0.05, 0) is 91.1 Å². The molecular formula is C33H38O7. The number of esters is 1. The molecule has 0 bridgehead atoms. The predicted molar refractivity (Wildman–Crippen MR) is 152 cm³/mol. The molecule has 4 atom stereocenters. The van der Waals surface area contributed by atoms with E-state index in [0.29, 0.717) is 39.1 Å². The van der Waals surface area contributed by atoms with E-state index in [1.807, 2.05) is 24.3 Å². The van der Waals surface area contributed by atoms with Crippen molar-refractivity contribution in [2.24, 2.45) is 5.92 Å². The second-order valence-corrected chi connectivity index (χ2v) is 11.0. The molecule has 3 aromatic rings. The smallest absolute Gasteiger partial charge is 0.306 e. The predicted octanol–water partition coefficient (Wildman–Crippen LogP) is 5.49. The van der Waals surface area contributed by atoms with Crippen molar-refractivity contribution in [1.82, 2.24) is 0 Å². The van der Waals surface area contributed by atoms with Gasteiger partial charge in [-0.3, -0.25) is 4.79 Å². The van der Waals surface area contributed by atoms with Gasteiger partial charge < -0.3 is 29.2 Å². The van der Waals surface area contributed by atoms with Crippen LogP contribution in [0.2, 0.25) is 0 Å². The Morgan fingerprint density at radius 3 is 2.50 bits per heavy atom. The number of hydrogen-bond acceptors (Lipinski definition) is 7. The molecule has 7 nitrogen and oxygen atoms in total. The Morgan fingerprint density at radius 2 is 1.75 bits per heavy atom. The Bertz CT molecular complexity index is 1330. The highest BCUT2D eigenvalue weighted by atomic mass is 16.5. The minimum atomic E-state index is -0.661. The van der Waals surface area contributed by atoms with Crippen molar-refractivity contribution in [1.29, 1.82) is 0 Å². The normalized spacial score (nSPS) is 21.8. The van der Waals surface area contributed by atoms with Gasteiger partial charge in [0.2, 0.25) is 0 Å². The van der Waals surface area contributed by atoms with Gasteiger partial charge in [0.1, 0.15) is 23.9 Å². The number of carbonyl (C=O) groups excluding carboxylic acids is 1. The first-order chi connectivity index (χ1) is 19.3. The highest BCUT2D eigenvalue weighted by Gasteiger charge is 2.28. The Morgan fingerprint density at radius 1 is 0.950 bits per heavy atom. The lowest BCUT2D eigenvalue weighted by Crippen LogP contribution is -2.35. The van der Waals surface area contributed by atoms with Crippen molar-refractivity contribution < 1.29 is 34.0 Å². The van der Waals surface area contributed by atoms with Crippen molar-refractivity contribution in [2.45, 2.75) is 64.3 Å². The van der Waals surface area contributed by atoms with E-state index < -0.39 is 12.2 Å². The van der Waals surface area contributed by atoms with Crippen molar-refractivity contribution in [3.8, 4) is 28.4 Å². The third-order valence-corrected chi connectivity index (χ3v) is 8.01. The Hall–Kier alpha value is -3.55. The highest BCUT2D eigenvalue weighted by molar-refractivity contribution is 5.72. The summed E-state index contributed by atoms with van der Waals surface area (Å²) in [6.45, 7) is 5.61. The van der Waals surface area contributed by atoms with E-state index in [0.717, 1.165) is 51.5 Å². The molecule has 7 heteroatoms. The third kappa shape index (κ3) is 6.43. The molecule has 0 saturated heterocycles. The molecule has 4 unspecified atom stereocenters. The van der Waals surface area contributed by atoms with E-state index in [2.05, 4.69) is 44.2 Å². The maximum absolute atomic E-state index is 11.7. The van der Waals surface area contributed by atoms with Gasteiger partial charge in [-0.2, -0.15) is 0 Å². The summed E-state index contributed by atoms with van der Waals surface area (Å²) < 4.78 is 22.8. The van der Waals surface area contributed by atoms with Crippen LogP contribution < -0.4 is 14.2 Å². The first-order valence-electron chi connectivity index (χ1n) is 14.0. The summed E-state index contributed by atoms with van der Waals surface area (Å²) in [4.78, 5) is 11.7. The Kier molecular flexibility index (Phi) is 8.62. The lowest BCUT2D eigenvalue weighted by Gasteiger charge is -2.30. The second-order valence-electron chi connectivity index (χ2n) is 11.0. The van der Waals surface area contributed by atoms with Crippen LogP contribution in [0, 0.1) is 19.8 Å². The summed E-state index contributed by atoms with van der Waals surface area (Å²) in [5.74, 6) is 2.31. The van der Waals surface area contributed by atoms with Crippen molar-refractivity contribution in [2.75, 3.05) is 20.3 Å². The summed E-state index contributed by atoms with van der Waals surface area (Å²) in [6, 6.07) is 18.3. The van der Waals surface area contributed by atoms with Crippen LogP contribution in [-0.2, 0) is 16.1 Å². The Labute approximate surface area is 235 Å². The standard InChI is InChI=1S/C33H38O7/c1-20-11-27(39-18-23-7-10-29(34)30(35)14-23)12-21(2)33(20)24-6-4-5-22(13-24)17-38-26-8-9-28-25(15-32(36)37-3)19-40-31(28)16-26/h4-6,8-9,11-13,16,23,25,29-30,34-35H,7,10,14-15,17-19H2,1-3H3. The monoisotopic (exact) mass is 546 g/mol. The molecule has 1 fully saturated rings. The van der Waals surface area contributed by atoms with E-state index in [1.54, 1.807) is 0 Å². The van der Waals surface area contributed by atoms with Gasteiger partial charge in [0.25, 0.3) is 0 Å². The van der Waals surface area contributed by atoms with Crippen LogP contribution in [0.15, 0.2) is 54.6 Å². The van der Waals surface area contributed by atoms with Crippen molar-refractivity contribution in [3.05, 3.63) is 76.9 Å². The summed E-state index contributed by atoms with van der Waals surface area (Å²) in [5, 5.41) is 19.7. The summed E-state index contributed by atoms with van der Waals surface area (Å²) in [5.41, 5.74) is 6.62. The van der Waals surface area contributed by atoms with Crippen LogP contribution in [0.4, 0.5) is 0 Å². The van der Waals surface area contributed by atoms with E-state index in [9.17, 15) is 15.0 Å². The van der Waals surface area contributed by atoms with Gasteiger partial charge >= 0.3 is 5.97 Å². The molecule has 1 saturated carbocycles. The van der Waals surface area contributed by atoms with Crippen LogP contribution in [0.3, 0.4) is 0 Å². The van der Waals surface area contributed by atoms with Crippen LogP contribution in [-0.4, -0.2) is 48.7 Å². The molecule has 0 aromatic heterocycles. The van der Waals surface area contributed by atoms with Crippen LogP contribution >= 0.6 is 0 Å². The molecule has 5 rings (SSSR count). The largest absolute Gasteiger partial charge is 0.493 e. The fourth-order valence-corrected chi connectivity index (χ4v) is 5.83. The number of aliphatic hydroxyl groups is 2. The summed E-state index contributed by atoms with van der Waals surface area (Å²) >= 11 is 0. The van der Waals surface area contributed by atoms with Gasteiger partial charge in [0.05, 0.1) is 39.0 Å². The number of ether oxygens (including phenoxy) is 4. The molecule has 212 valence electrons. The third-order valence-electron chi connectivity index (χ3n) is 8.01. The fourth-order valence-electron chi connectivity index (χ4n) is 5.83. The van der Waals surface area contributed by atoms with E-state index in [4.69, 9.17) is 18.9 Å². The molecule has 0 radical (unpaired) electrons. The molecule has 2 N–H and O–H groups in total.